The molecule has 3 nitrogen and oxygen atoms in total. The minimum atomic E-state index is -1.25. The smallest absolute Gasteiger partial charge is 0.231 e. The van der Waals surface area contributed by atoms with Gasteiger partial charge in [-0.1, -0.05) is 66.7 Å². The first kappa shape index (κ1) is 13.9. The van der Waals surface area contributed by atoms with Crippen LogP contribution in [0.5, 0.6) is 11.5 Å². The van der Waals surface area contributed by atoms with Gasteiger partial charge in [-0.15, -0.1) is 0 Å². The molecule has 4 rings (SSSR count). The first-order valence-electron chi connectivity index (χ1n) is 7.52. The first-order chi connectivity index (χ1) is 11.3. The van der Waals surface area contributed by atoms with Gasteiger partial charge < -0.3 is 14.6 Å². The Morgan fingerprint density at radius 1 is 0.652 bits per heavy atom. The van der Waals surface area contributed by atoms with Gasteiger partial charge >= 0.3 is 0 Å². The Kier molecular flexibility index (Phi) is 3.28. The molecule has 0 bridgehead atoms. The second kappa shape index (κ2) is 5.45. The van der Waals surface area contributed by atoms with Crippen LogP contribution in [0.25, 0.3) is 0 Å². The molecule has 0 amide bonds. The highest BCUT2D eigenvalue weighted by Gasteiger charge is 2.34. The van der Waals surface area contributed by atoms with Gasteiger partial charge in [0, 0.05) is 0 Å². The van der Waals surface area contributed by atoms with Crippen LogP contribution >= 0.6 is 0 Å². The average molecular weight is 304 g/mol. The third-order valence-electron chi connectivity index (χ3n) is 4.17. The number of fused-ring (bicyclic) bond motifs is 1. The summed E-state index contributed by atoms with van der Waals surface area (Å²) in [4.78, 5) is 0. The van der Waals surface area contributed by atoms with E-state index in [9.17, 15) is 5.11 Å². The summed E-state index contributed by atoms with van der Waals surface area (Å²) in [6.07, 6.45) is 0. The number of rotatable bonds is 3. The van der Waals surface area contributed by atoms with Crippen molar-refractivity contribution in [3.05, 3.63) is 95.6 Å². The van der Waals surface area contributed by atoms with Crippen molar-refractivity contribution in [3.63, 3.8) is 0 Å². The van der Waals surface area contributed by atoms with Gasteiger partial charge in [0.2, 0.25) is 6.79 Å². The summed E-state index contributed by atoms with van der Waals surface area (Å²) in [7, 11) is 0. The molecule has 1 N–H and O–H groups in total. The van der Waals surface area contributed by atoms with E-state index in [1.807, 2.05) is 78.9 Å². The highest BCUT2D eigenvalue weighted by molar-refractivity contribution is 5.53. The molecule has 0 fully saturated rings. The molecule has 0 aliphatic carbocycles. The SMILES string of the molecule is OC(c1ccccc1)(c1ccccc1)c1ccc2c(c1)OCO2. The highest BCUT2D eigenvalue weighted by Crippen LogP contribution is 2.41. The summed E-state index contributed by atoms with van der Waals surface area (Å²) in [6.45, 7) is 0.216. The summed E-state index contributed by atoms with van der Waals surface area (Å²) >= 11 is 0. The molecule has 0 spiro atoms. The van der Waals surface area contributed by atoms with Crippen LogP contribution in [0.2, 0.25) is 0 Å². The maximum Gasteiger partial charge on any atom is 0.231 e. The Morgan fingerprint density at radius 2 is 1.22 bits per heavy atom. The normalized spacial score (nSPS) is 13.1. The molecule has 1 aliphatic rings. The van der Waals surface area contributed by atoms with E-state index in [1.165, 1.54) is 0 Å². The zero-order chi connectivity index (χ0) is 15.7. The lowest BCUT2D eigenvalue weighted by Crippen LogP contribution is -2.28. The van der Waals surface area contributed by atoms with Crippen molar-refractivity contribution >= 4 is 0 Å². The van der Waals surface area contributed by atoms with Crippen LogP contribution in [0.4, 0.5) is 0 Å². The molecule has 0 atom stereocenters. The lowest BCUT2D eigenvalue weighted by atomic mass is 9.80. The predicted molar refractivity (Wildman–Crippen MR) is 87.5 cm³/mol. The Labute approximate surface area is 134 Å². The summed E-state index contributed by atoms with van der Waals surface area (Å²) in [5.74, 6) is 1.37. The van der Waals surface area contributed by atoms with E-state index in [0.29, 0.717) is 11.5 Å². The van der Waals surface area contributed by atoms with Crippen molar-refractivity contribution < 1.29 is 14.6 Å². The predicted octanol–water partition coefficient (Wildman–Crippen LogP) is 3.70. The minimum Gasteiger partial charge on any atom is -0.454 e. The minimum absolute atomic E-state index is 0.216. The quantitative estimate of drug-likeness (QED) is 0.750. The molecule has 0 aromatic heterocycles. The fourth-order valence-electron chi connectivity index (χ4n) is 2.98. The largest absolute Gasteiger partial charge is 0.454 e. The molecule has 0 radical (unpaired) electrons. The van der Waals surface area contributed by atoms with E-state index in [0.717, 1.165) is 16.7 Å². The molecular formula is C20H16O3. The molecule has 3 aromatic carbocycles. The van der Waals surface area contributed by atoms with E-state index in [2.05, 4.69) is 0 Å². The Balaban J connectivity index is 1.93. The first-order valence-corrected chi connectivity index (χ1v) is 7.52. The van der Waals surface area contributed by atoms with Crippen molar-refractivity contribution in [3.8, 4) is 11.5 Å². The highest BCUT2D eigenvalue weighted by atomic mass is 16.7. The van der Waals surface area contributed by atoms with Crippen LogP contribution in [-0.4, -0.2) is 11.9 Å². The number of hydrogen-bond donors (Lipinski definition) is 1. The summed E-state index contributed by atoms with van der Waals surface area (Å²) in [5, 5.41) is 11.7. The van der Waals surface area contributed by atoms with Crippen LogP contribution in [0.1, 0.15) is 16.7 Å². The Bertz CT molecular complexity index is 773. The number of aliphatic hydroxyl groups is 1. The molecule has 1 heterocycles. The van der Waals surface area contributed by atoms with Crippen LogP contribution in [0.15, 0.2) is 78.9 Å². The van der Waals surface area contributed by atoms with E-state index < -0.39 is 5.60 Å². The number of ether oxygens (including phenoxy) is 2. The van der Waals surface area contributed by atoms with Gasteiger partial charge in [-0.05, 0) is 28.8 Å². The molecule has 3 aromatic rings. The third-order valence-corrected chi connectivity index (χ3v) is 4.17. The average Bonchev–Trinajstić information content (AvgIpc) is 3.10. The van der Waals surface area contributed by atoms with E-state index in [-0.39, 0.29) is 6.79 Å². The van der Waals surface area contributed by atoms with Crippen LogP contribution < -0.4 is 9.47 Å². The van der Waals surface area contributed by atoms with E-state index in [1.54, 1.807) is 0 Å². The standard InChI is InChI=1S/C20H16O3/c21-20(15-7-3-1-4-8-15,16-9-5-2-6-10-16)17-11-12-18-19(13-17)23-14-22-18/h1-13,21H,14H2. The van der Waals surface area contributed by atoms with Crippen molar-refractivity contribution in [1.29, 1.82) is 0 Å². The fourth-order valence-corrected chi connectivity index (χ4v) is 2.98. The van der Waals surface area contributed by atoms with Gasteiger partial charge in [0.15, 0.2) is 11.5 Å². The van der Waals surface area contributed by atoms with Gasteiger partial charge in [0.25, 0.3) is 0 Å². The molecule has 0 saturated heterocycles. The van der Waals surface area contributed by atoms with E-state index in [4.69, 9.17) is 9.47 Å². The second-order valence-electron chi connectivity index (χ2n) is 5.51. The zero-order valence-corrected chi connectivity index (χ0v) is 12.5. The van der Waals surface area contributed by atoms with Gasteiger partial charge in [-0.3, -0.25) is 0 Å². The van der Waals surface area contributed by atoms with Crippen molar-refractivity contribution in [2.75, 3.05) is 6.79 Å². The van der Waals surface area contributed by atoms with Gasteiger partial charge in [-0.2, -0.15) is 0 Å². The second-order valence-corrected chi connectivity index (χ2v) is 5.51. The molecular weight excluding hydrogens is 288 g/mol. The maximum absolute atomic E-state index is 11.7. The van der Waals surface area contributed by atoms with Gasteiger partial charge in [0.1, 0.15) is 5.60 Å². The molecule has 0 unspecified atom stereocenters. The topological polar surface area (TPSA) is 38.7 Å². The van der Waals surface area contributed by atoms with Crippen LogP contribution in [-0.2, 0) is 5.60 Å². The Morgan fingerprint density at radius 3 is 1.83 bits per heavy atom. The molecule has 0 saturated carbocycles. The van der Waals surface area contributed by atoms with Gasteiger partial charge in [-0.25, -0.2) is 0 Å². The monoisotopic (exact) mass is 304 g/mol. The molecule has 1 aliphatic heterocycles. The van der Waals surface area contributed by atoms with Crippen LogP contribution in [0.3, 0.4) is 0 Å². The molecule has 3 heteroatoms. The fraction of sp³-hybridized carbons (Fsp3) is 0.100. The lowest BCUT2D eigenvalue weighted by molar-refractivity contribution is 0.125. The van der Waals surface area contributed by atoms with Crippen molar-refractivity contribution in [2.45, 2.75) is 5.60 Å². The van der Waals surface area contributed by atoms with Crippen molar-refractivity contribution in [2.24, 2.45) is 0 Å². The summed E-state index contributed by atoms with van der Waals surface area (Å²) in [5.41, 5.74) is 1.12. The number of hydrogen-bond acceptors (Lipinski definition) is 3. The maximum atomic E-state index is 11.7. The van der Waals surface area contributed by atoms with Gasteiger partial charge in [0.05, 0.1) is 0 Å². The summed E-state index contributed by atoms with van der Waals surface area (Å²) < 4.78 is 10.8. The molecule has 23 heavy (non-hydrogen) atoms. The summed E-state index contributed by atoms with van der Waals surface area (Å²) in [6, 6.07) is 24.9. The van der Waals surface area contributed by atoms with Crippen LogP contribution in [0, 0.1) is 0 Å². The van der Waals surface area contributed by atoms with Crippen molar-refractivity contribution in [1.82, 2.24) is 0 Å². The van der Waals surface area contributed by atoms with E-state index >= 15 is 0 Å². The Hall–Kier alpha value is -2.78. The third kappa shape index (κ3) is 2.26. The molecule has 114 valence electrons. The zero-order valence-electron chi connectivity index (χ0n) is 12.5. The number of benzene rings is 3. The lowest BCUT2D eigenvalue weighted by Gasteiger charge is -2.30.